The lowest BCUT2D eigenvalue weighted by Crippen LogP contribution is -2.58. The minimum atomic E-state index is -5.01. The molecule has 1 fully saturated rings. The lowest BCUT2D eigenvalue weighted by molar-refractivity contribution is -0.250. The summed E-state index contributed by atoms with van der Waals surface area (Å²) in [7, 11) is 1.80. The maximum atomic E-state index is 12.9. The molecule has 7 nitrogen and oxygen atoms in total. The molecule has 0 aromatic carbocycles. The molecule has 1 aliphatic heterocycles. The molecule has 0 radical (unpaired) electrons. The highest BCUT2D eigenvalue weighted by molar-refractivity contribution is 5.85. The average molecular weight is 385 g/mol. The van der Waals surface area contributed by atoms with E-state index in [9.17, 15) is 23.1 Å². The van der Waals surface area contributed by atoms with E-state index in [-0.39, 0.29) is 24.9 Å². The number of piperidine rings is 1. The molecule has 1 amide bonds. The Morgan fingerprint density at radius 3 is 2.63 bits per heavy atom. The Labute approximate surface area is 154 Å². The van der Waals surface area contributed by atoms with Crippen LogP contribution in [0.25, 0.3) is 5.69 Å². The van der Waals surface area contributed by atoms with Gasteiger partial charge in [-0.3, -0.25) is 9.48 Å². The van der Waals surface area contributed by atoms with Crippen LogP contribution >= 0.6 is 0 Å². The zero-order valence-electron chi connectivity index (χ0n) is 15.3. The first-order valence-corrected chi connectivity index (χ1v) is 8.63. The smallest absolute Gasteiger partial charge is 0.373 e. The van der Waals surface area contributed by atoms with Gasteiger partial charge >= 0.3 is 6.18 Å². The van der Waals surface area contributed by atoms with Crippen molar-refractivity contribution in [3.05, 3.63) is 30.4 Å². The highest BCUT2D eigenvalue weighted by atomic mass is 19.4. The summed E-state index contributed by atoms with van der Waals surface area (Å²) >= 11 is 0. The quantitative estimate of drug-likeness (QED) is 0.875. The van der Waals surface area contributed by atoms with Gasteiger partial charge in [0.15, 0.2) is 0 Å². The molecule has 3 atom stereocenters. The number of aromatic nitrogens is 4. The summed E-state index contributed by atoms with van der Waals surface area (Å²) in [5, 5.41) is 18.3. The number of aliphatic hydroxyl groups is 1. The van der Waals surface area contributed by atoms with Gasteiger partial charge in [0.25, 0.3) is 5.91 Å². The number of halogens is 3. The van der Waals surface area contributed by atoms with E-state index in [4.69, 9.17) is 0 Å². The van der Waals surface area contributed by atoms with Gasteiger partial charge in [-0.25, -0.2) is 4.68 Å². The van der Waals surface area contributed by atoms with Crippen LogP contribution in [-0.4, -0.2) is 60.3 Å². The fraction of sp³-hybridized carbons (Fsp3) is 0.588. The second kappa shape index (κ2) is 6.66. The minimum absolute atomic E-state index is 0.0165. The maximum absolute atomic E-state index is 12.9. The molecule has 0 bridgehead atoms. The van der Waals surface area contributed by atoms with E-state index in [1.165, 1.54) is 0 Å². The Balaban J connectivity index is 1.71. The molecule has 2 aromatic heterocycles. The molecule has 1 aliphatic rings. The molecule has 1 unspecified atom stereocenters. The summed E-state index contributed by atoms with van der Waals surface area (Å²) in [6.45, 7) is 2.65. The van der Waals surface area contributed by atoms with Gasteiger partial charge in [-0.2, -0.15) is 23.4 Å². The van der Waals surface area contributed by atoms with Crippen molar-refractivity contribution in [3.8, 4) is 5.69 Å². The molecule has 0 aliphatic carbocycles. The molecule has 10 heteroatoms. The summed E-state index contributed by atoms with van der Waals surface area (Å²) in [6.07, 6.45) is 0.782. The lowest BCUT2D eigenvalue weighted by atomic mass is 9.84. The molecule has 148 valence electrons. The molecule has 0 saturated carbocycles. The fourth-order valence-corrected chi connectivity index (χ4v) is 3.40. The Bertz CT molecular complexity index is 827. The molecule has 1 N–H and O–H groups in total. The number of amides is 1. The molecular weight excluding hydrogens is 363 g/mol. The number of rotatable bonds is 3. The van der Waals surface area contributed by atoms with Gasteiger partial charge in [0.1, 0.15) is 5.69 Å². The molecule has 0 spiro atoms. The molecule has 1 saturated heterocycles. The first kappa shape index (κ1) is 19.4. The fourth-order valence-electron chi connectivity index (χ4n) is 3.40. The Kier molecular flexibility index (Phi) is 4.79. The third-order valence-corrected chi connectivity index (χ3v) is 5.11. The van der Waals surface area contributed by atoms with Gasteiger partial charge in [-0.05, 0) is 25.3 Å². The van der Waals surface area contributed by atoms with Crippen LogP contribution in [0.3, 0.4) is 0 Å². The predicted octanol–water partition coefficient (Wildman–Crippen LogP) is 1.87. The van der Waals surface area contributed by atoms with Crippen LogP contribution < -0.4 is 0 Å². The summed E-state index contributed by atoms with van der Waals surface area (Å²) in [5.74, 6) is -1.38. The lowest BCUT2D eigenvalue weighted by Gasteiger charge is -2.39. The Hall–Kier alpha value is -2.36. The summed E-state index contributed by atoms with van der Waals surface area (Å²) < 4.78 is 42.1. The predicted molar refractivity (Wildman–Crippen MR) is 90.1 cm³/mol. The van der Waals surface area contributed by atoms with Gasteiger partial charge in [-0.1, -0.05) is 6.92 Å². The minimum Gasteiger partial charge on any atom is -0.373 e. The van der Waals surface area contributed by atoms with Crippen LogP contribution in [0, 0.1) is 5.92 Å². The number of aryl methyl sites for hydroxylation is 1. The van der Waals surface area contributed by atoms with Crippen molar-refractivity contribution >= 4 is 5.91 Å². The second-order valence-electron chi connectivity index (χ2n) is 7.25. The van der Waals surface area contributed by atoms with Gasteiger partial charge in [0.2, 0.25) is 5.60 Å². The van der Waals surface area contributed by atoms with E-state index in [2.05, 4.69) is 10.2 Å². The number of alkyl halides is 3. The van der Waals surface area contributed by atoms with E-state index in [0.717, 1.165) is 16.3 Å². The number of carbonyl (C=O) groups excluding carboxylic acids is 1. The topological polar surface area (TPSA) is 76.2 Å². The normalized spacial score (nSPS) is 23.3. The number of nitrogens with zero attached hydrogens (tertiary/aromatic N) is 5. The van der Waals surface area contributed by atoms with E-state index in [0.29, 0.717) is 13.3 Å². The van der Waals surface area contributed by atoms with Crippen molar-refractivity contribution < 1.29 is 23.1 Å². The highest BCUT2D eigenvalue weighted by Crippen LogP contribution is 2.36. The van der Waals surface area contributed by atoms with Crippen LogP contribution in [0.1, 0.15) is 31.9 Å². The van der Waals surface area contributed by atoms with E-state index < -0.39 is 17.7 Å². The average Bonchev–Trinajstić information content (AvgIpc) is 3.21. The Morgan fingerprint density at radius 2 is 2.07 bits per heavy atom. The van der Waals surface area contributed by atoms with Gasteiger partial charge < -0.3 is 10.0 Å². The van der Waals surface area contributed by atoms with Crippen molar-refractivity contribution in [2.45, 2.75) is 38.0 Å². The van der Waals surface area contributed by atoms with Crippen molar-refractivity contribution in [1.82, 2.24) is 24.5 Å². The zero-order chi connectivity index (χ0) is 20.0. The van der Waals surface area contributed by atoms with E-state index in [1.54, 1.807) is 22.6 Å². The van der Waals surface area contributed by atoms with E-state index >= 15 is 0 Å². The van der Waals surface area contributed by atoms with Crippen molar-refractivity contribution in [2.24, 2.45) is 13.0 Å². The maximum Gasteiger partial charge on any atom is 0.426 e. The third-order valence-electron chi connectivity index (χ3n) is 5.11. The Morgan fingerprint density at radius 1 is 1.37 bits per heavy atom. The summed E-state index contributed by atoms with van der Waals surface area (Å²) in [4.78, 5) is 13.3. The number of hydrogen-bond donors (Lipinski definition) is 1. The van der Waals surface area contributed by atoms with Gasteiger partial charge in [-0.15, -0.1) is 0 Å². The molecule has 2 aromatic rings. The summed E-state index contributed by atoms with van der Waals surface area (Å²) in [5.41, 5.74) is -1.74. The number of hydrogen-bond acceptors (Lipinski definition) is 4. The van der Waals surface area contributed by atoms with Crippen LogP contribution in [-0.2, 0) is 11.8 Å². The molecule has 27 heavy (non-hydrogen) atoms. The van der Waals surface area contributed by atoms with Crippen LogP contribution in [0.5, 0.6) is 0 Å². The monoisotopic (exact) mass is 385 g/mol. The largest absolute Gasteiger partial charge is 0.426 e. The standard InChI is InChI=1S/C17H22F3N5O2/c1-11-9-24(15(26)16(2,27)17(18,19)20)6-4-13(11)14-5-7-25(22-14)12-8-21-23(3)10-12/h5,7-8,10-11,13,27H,4,6,9H2,1-3H3/t11-,13+,16?/m1/s1. The zero-order valence-corrected chi connectivity index (χ0v) is 15.3. The molecule has 3 rings (SSSR count). The SMILES string of the molecule is C[C@@H]1CN(C(=O)C(C)(O)C(F)(F)F)CC[C@@H]1c1ccn(-c2cnn(C)c2)n1. The first-order chi connectivity index (χ1) is 12.5. The third kappa shape index (κ3) is 3.58. The van der Waals surface area contributed by atoms with Crippen molar-refractivity contribution in [3.63, 3.8) is 0 Å². The van der Waals surface area contributed by atoms with Crippen LogP contribution in [0.4, 0.5) is 13.2 Å². The molecule has 3 heterocycles. The van der Waals surface area contributed by atoms with Crippen LogP contribution in [0.15, 0.2) is 24.7 Å². The van der Waals surface area contributed by atoms with E-state index in [1.807, 2.05) is 25.4 Å². The van der Waals surface area contributed by atoms with Gasteiger partial charge in [0.05, 0.1) is 18.1 Å². The molecular formula is C17H22F3N5O2. The van der Waals surface area contributed by atoms with Gasteiger partial charge in [0, 0.05) is 32.3 Å². The first-order valence-electron chi connectivity index (χ1n) is 8.63. The van der Waals surface area contributed by atoms with Crippen molar-refractivity contribution in [2.75, 3.05) is 13.1 Å². The van der Waals surface area contributed by atoms with Crippen molar-refractivity contribution in [1.29, 1.82) is 0 Å². The highest BCUT2D eigenvalue weighted by Gasteiger charge is 2.57. The summed E-state index contributed by atoms with van der Waals surface area (Å²) in [6, 6.07) is 1.87. The number of likely N-dealkylation sites (tertiary alicyclic amines) is 1. The van der Waals surface area contributed by atoms with Crippen LogP contribution in [0.2, 0.25) is 0 Å². The second-order valence-corrected chi connectivity index (χ2v) is 7.25. The number of carbonyl (C=O) groups is 1.